The lowest BCUT2D eigenvalue weighted by atomic mass is 10.1. The number of methoxy groups -OCH3 is 1. The number of hydrogen-bond donors (Lipinski definition) is 2. The largest absolute Gasteiger partial charge is 0.495 e. The molecule has 1 heterocycles. The van der Waals surface area contributed by atoms with Crippen molar-refractivity contribution in [3.05, 3.63) is 58.9 Å². The van der Waals surface area contributed by atoms with Crippen molar-refractivity contribution in [2.75, 3.05) is 7.11 Å². The smallest absolute Gasteiger partial charge is 0.318 e. The number of nitrogens with one attached hydrogen (secondary N) is 1. The van der Waals surface area contributed by atoms with Crippen LogP contribution in [0.3, 0.4) is 0 Å². The van der Waals surface area contributed by atoms with Gasteiger partial charge in [-0.3, -0.25) is 19.5 Å². The SMILES string of the molecule is COc1ccccc1-n1c(SC(C(=O)NC(N)=O)C(C)C)nc2ccccc2c1=O. The highest BCUT2D eigenvalue weighted by Gasteiger charge is 2.28. The van der Waals surface area contributed by atoms with Crippen molar-refractivity contribution < 1.29 is 14.3 Å². The Balaban J connectivity index is 2.23. The minimum Gasteiger partial charge on any atom is -0.495 e. The van der Waals surface area contributed by atoms with Crippen LogP contribution in [0, 0.1) is 5.92 Å². The first-order valence-electron chi connectivity index (χ1n) is 9.25. The molecular formula is C21H22N4O4S. The van der Waals surface area contributed by atoms with Gasteiger partial charge in [-0.15, -0.1) is 0 Å². The molecule has 0 aliphatic carbocycles. The number of thioether (sulfide) groups is 1. The van der Waals surface area contributed by atoms with Crippen molar-refractivity contribution in [3.63, 3.8) is 0 Å². The Hall–Kier alpha value is -3.33. The van der Waals surface area contributed by atoms with E-state index in [0.717, 1.165) is 11.8 Å². The fraction of sp³-hybridized carbons (Fsp3) is 0.238. The van der Waals surface area contributed by atoms with Gasteiger partial charge in [0, 0.05) is 0 Å². The first kappa shape index (κ1) is 21.4. The molecule has 3 aromatic rings. The standard InChI is InChI=1S/C21H22N4O4S/c1-12(2)17(18(26)24-20(22)28)30-21-23-14-9-5-4-8-13(14)19(27)25(21)15-10-6-7-11-16(15)29-3/h4-12,17H,1-3H3,(H3,22,24,26,28). The topological polar surface area (TPSA) is 116 Å². The Kier molecular flexibility index (Phi) is 6.41. The lowest BCUT2D eigenvalue weighted by Crippen LogP contribution is -2.42. The number of amides is 3. The molecule has 0 aliphatic heterocycles. The molecule has 0 bridgehead atoms. The molecule has 0 spiro atoms. The second kappa shape index (κ2) is 9.00. The average Bonchev–Trinajstić information content (AvgIpc) is 2.71. The number of aromatic nitrogens is 2. The van der Waals surface area contributed by atoms with Gasteiger partial charge in [0.25, 0.3) is 5.56 Å². The highest BCUT2D eigenvalue weighted by atomic mass is 32.2. The number of urea groups is 1. The molecule has 156 valence electrons. The third-order valence-corrected chi connectivity index (χ3v) is 5.91. The quantitative estimate of drug-likeness (QED) is 0.462. The van der Waals surface area contributed by atoms with Gasteiger partial charge in [-0.05, 0) is 30.2 Å². The number of hydrogen-bond acceptors (Lipinski definition) is 6. The van der Waals surface area contributed by atoms with Gasteiger partial charge >= 0.3 is 6.03 Å². The number of benzene rings is 2. The number of para-hydroxylation sites is 3. The number of nitrogens with zero attached hydrogens (tertiary/aromatic N) is 2. The van der Waals surface area contributed by atoms with E-state index >= 15 is 0 Å². The Labute approximate surface area is 177 Å². The van der Waals surface area contributed by atoms with Crippen molar-refractivity contribution in [1.29, 1.82) is 0 Å². The van der Waals surface area contributed by atoms with Crippen molar-refractivity contribution >= 4 is 34.6 Å². The number of rotatable bonds is 6. The van der Waals surface area contributed by atoms with Gasteiger partial charge in [0.05, 0.1) is 29.0 Å². The summed E-state index contributed by atoms with van der Waals surface area (Å²) < 4.78 is 6.87. The summed E-state index contributed by atoms with van der Waals surface area (Å²) in [4.78, 5) is 41.8. The third-order valence-electron chi connectivity index (χ3n) is 4.41. The van der Waals surface area contributed by atoms with E-state index in [1.165, 1.54) is 11.7 Å². The van der Waals surface area contributed by atoms with Gasteiger partial charge in [0.2, 0.25) is 5.91 Å². The zero-order chi connectivity index (χ0) is 21.8. The highest BCUT2D eigenvalue weighted by molar-refractivity contribution is 8.00. The molecule has 0 saturated carbocycles. The van der Waals surface area contributed by atoms with E-state index in [1.807, 2.05) is 13.8 Å². The van der Waals surface area contributed by atoms with Crippen molar-refractivity contribution in [2.45, 2.75) is 24.3 Å². The Morgan fingerprint density at radius 1 is 1.13 bits per heavy atom. The fourth-order valence-electron chi connectivity index (χ4n) is 3.02. The van der Waals surface area contributed by atoms with Crippen LogP contribution in [-0.2, 0) is 4.79 Å². The minimum absolute atomic E-state index is 0.163. The number of primary amides is 1. The summed E-state index contributed by atoms with van der Waals surface area (Å²) >= 11 is 1.09. The van der Waals surface area contributed by atoms with E-state index in [9.17, 15) is 14.4 Å². The van der Waals surface area contributed by atoms with Crippen molar-refractivity contribution in [3.8, 4) is 11.4 Å². The highest BCUT2D eigenvalue weighted by Crippen LogP contribution is 2.31. The zero-order valence-corrected chi connectivity index (χ0v) is 17.6. The van der Waals surface area contributed by atoms with E-state index in [2.05, 4.69) is 10.3 Å². The van der Waals surface area contributed by atoms with Gasteiger partial charge in [-0.25, -0.2) is 9.78 Å². The molecule has 3 N–H and O–H groups in total. The lowest BCUT2D eigenvalue weighted by Gasteiger charge is -2.21. The summed E-state index contributed by atoms with van der Waals surface area (Å²) in [6.45, 7) is 3.68. The summed E-state index contributed by atoms with van der Waals surface area (Å²) in [5, 5.41) is 2.16. The number of carbonyl (C=O) groups excluding carboxylic acids is 2. The Morgan fingerprint density at radius 2 is 1.80 bits per heavy atom. The first-order valence-corrected chi connectivity index (χ1v) is 10.1. The molecule has 9 heteroatoms. The molecular weight excluding hydrogens is 404 g/mol. The number of ether oxygens (including phenoxy) is 1. The fourth-order valence-corrected chi connectivity index (χ4v) is 4.12. The Morgan fingerprint density at radius 3 is 2.47 bits per heavy atom. The lowest BCUT2D eigenvalue weighted by molar-refractivity contribution is -0.120. The summed E-state index contributed by atoms with van der Waals surface area (Å²) in [5.74, 6) is -0.221. The average molecular weight is 426 g/mol. The maximum atomic E-state index is 13.4. The molecule has 2 aromatic carbocycles. The molecule has 0 aliphatic rings. The monoisotopic (exact) mass is 426 g/mol. The van der Waals surface area contributed by atoms with Crippen LogP contribution in [0.5, 0.6) is 5.75 Å². The second-order valence-corrected chi connectivity index (χ2v) is 7.97. The zero-order valence-electron chi connectivity index (χ0n) is 16.8. The van der Waals surface area contributed by atoms with E-state index in [4.69, 9.17) is 10.5 Å². The van der Waals surface area contributed by atoms with E-state index in [-0.39, 0.29) is 11.5 Å². The molecule has 0 radical (unpaired) electrons. The summed E-state index contributed by atoms with van der Waals surface area (Å²) in [6, 6.07) is 13.1. The van der Waals surface area contributed by atoms with Crippen LogP contribution in [0.25, 0.3) is 16.6 Å². The van der Waals surface area contributed by atoms with Crippen LogP contribution in [0.1, 0.15) is 13.8 Å². The van der Waals surface area contributed by atoms with Crippen molar-refractivity contribution in [1.82, 2.24) is 14.9 Å². The number of nitrogens with two attached hydrogens (primary N) is 1. The van der Waals surface area contributed by atoms with Crippen LogP contribution in [0.4, 0.5) is 4.79 Å². The molecule has 1 atom stereocenters. The molecule has 3 rings (SSSR count). The molecule has 8 nitrogen and oxygen atoms in total. The number of carbonyl (C=O) groups is 2. The molecule has 1 unspecified atom stereocenters. The number of fused-ring (bicyclic) bond motifs is 1. The maximum Gasteiger partial charge on any atom is 0.318 e. The summed E-state index contributed by atoms with van der Waals surface area (Å²) in [7, 11) is 1.52. The third kappa shape index (κ3) is 4.30. The predicted octanol–water partition coefficient (Wildman–Crippen LogP) is 2.71. The van der Waals surface area contributed by atoms with Crippen LogP contribution in [0.2, 0.25) is 0 Å². The van der Waals surface area contributed by atoms with Gasteiger partial charge in [-0.2, -0.15) is 0 Å². The van der Waals surface area contributed by atoms with Crippen LogP contribution in [0.15, 0.2) is 58.5 Å². The predicted molar refractivity (Wildman–Crippen MR) is 116 cm³/mol. The van der Waals surface area contributed by atoms with Gasteiger partial charge in [-0.1, -0.05) is 49.9 Å². The van der Waals surface area contributed by atoms with Gasteiger partial charge in [0.15, 0.2) is 5.16 Å². The summed E-state index contributed by atoms with van der Waals surface area (Å²) in [5.41, 5.74) is 5.84. The number of imide groups is 1. The van der Waals surface area contributed by atoms with E-state index in [1.54, 1.807) is 48.5 Å². The van der Waals surface area contributed by atoms with E-state index < -0.39 is 17.2 Å². The molecule has 30 heavy (non-hydrogen) atoms. The van der Waals surface area contributed by atoms with Gasteiger partial charge in [0.1, 0.15) is 5.75 Å². The molecule has 3 amide bonds. The second-order valence-electron chi connectivity index (χ2n) is 6.86. The molecule has 1 aromatic heterocycles. The van der Waals surface area contributed by atoms with Crippen LogP contribution >= 0.6 is 11.8 Å². The summed E-state index contributed by atoms with van der Waals surface area (Å²) in [6.07, 6.45) is 0. The van der Waals surface area contributed by atoms with Crippen LogP contribution < -0.4 is 21.3 Å². The normalized spacial score (nSPS) is 12.0. The molecule has 0 saturated heterocycles. The van der Waals surface area contributed by atoms with Crippen LogP contribution in [-0.4, -0.2) is 33.8 Å². The Bertz CT molecular complexity index is 1160. The first-order chi connectivity index (χ1) is 14.3. The minimum atomic E-state index is -0.931. The maximum absolute atomic E-state index is 13.4. The van der Waals surface area contributed by atoms with Crippen molar-refractivity contribution in [2.24, 2.45) is 11.7 Å². The van der Waals surface area contributed by atoms with Gasteiger partial charge < -0.3 is 10.5 Å². The molecule has 0 fully saturated rings. The van der Waals surface area contributed by atoms with E-state index in [0.29, 0.717) is 27.5 Å².